The lowest BCUT2D eigenvalue weighted by Gasteiger charge is -2.30. The molecule has 1 aliphatic rings. The minimum absolute atomic E-state index is 0.0153. The number of carbonyl (C=O) groups excluding carboxylic acids is 2. The predicted molar refractivity (Wildman–Crippen MR) is 149 cm³/mol. The van der Waals surface area contributed by atoms with Gasteiger partial charge in [0, 0.05) is 37.8 Å². The van der Waals surface area contributed by atoms with E-state index in [-0.39, 0.29) is 30.9 Å². The molecule has 0 bridgehead atoms. The average Bonchev–Trinajstić information content (AvgIpc) is 3.52. The standard InChI is InChI=1S/C30H39N5O3/c1-6-7-8-13-31-28(36)18-35(27-17-24(12-10-21(27)3)30-32-22(4)38-33-30)19-29(37)34(5)26-15-23-11-9-20(2)14-25(23)16-26/h9-12,14,17,26H,6-8,13,15-16,18-19H2,1-5H3,(H,31,36). The minimum Gasteiger partial charge on any atom is -0.355 e. The second-order valence-electron chi connectivity index (χ2n) is 10.4. The average molecular weight is 518 g/mol. The summed E-state index contributed by atoms with van der Waals surface area (Å²) in [6, 6.07) is 12.5. The molecule has 0 radical (unpaired) electrons. The maximum absolute atomic E-state index is 13.6. The Bertz CT molecular complexity index is 1280. The van der Waals surface area contributed by atoms with Gasteiger partial charge in [0.05, 0.1) is 13.1 Å². The van der Waals surface area contributed by atoms with Gasteiger partial charge in [-0.3, -0.25) is 9.59 Å². The van der Waals surface area contributed by atoms with Gasteiger partial charge in [-0.15, -0.1) is 0 Å². The summed E-state index contributed by atoms with van der Waals surface area (Å²) in [6.07, 6.45) is 4.80. The number of nitrogens with zero attached hydrogens (tertiary/aromatic N) is 4. The highest BCUT2D eigenvalue weighted by Crippen LogP contribution is 2.28. The lowest BCUT2D eigenvalue weighted by molar-refractivity contribution is -0.130. The first-order chi connectivity index (χ1) is 18.2. The quantitative estimate of drug-likeness (QED) is 0.379. The van der Waals surface area contributed by atoms with Crippen molar-refractivity contribution in [2.45, 2.75) is 65.8 Å². The molecule has 2 amide bonds. The van der Waals surface area contributed by atoms with E-state index in [1.54, 1.807) is 6.92 Å². The van der Waals surface area contributed by atoms with Crippen LogP contribution in [0.3, 0.4) is 0 Å². The minimum atomic E-state index is -0.0967. The fraction of sp³-hybridized carbons (Fsp3) is 0.467. The molecule has 1 heterocycles. The maximum Gasteiger partial charge on any atom is 0.242 e. The van der Waals surface area contributed by atoms with Gasteiger partial charge in [0.15, 0.2) is 0 Å². The molecular formula is C30H39N5O3. The van der Waals surface area contributed by atoms with Crippen molar-refractivity contribution in [3.63, 3.8) is 0 Å². The lowest BCUT2D eigenvalue weighted by atomic mass is 10.1. The fourth-order valence-corrected chi connectivity index (χ4v) is 5.04. The topological polar surface area (TPSA) is 91.6 Å². The smallest absolute Gasteiger partial charge is 0.242 e. The van der Waals surface area contributed by atoms with Crippen LogP contribution in [0.2, 0.25) is 0 Å². The van der Waals surface area contributed by atoms with Crippen molar-refractivity contribution in [3.05, 3.63) is 64.5 Å². The molecule has 1 atom stereocenters. The monoisotopic (exact) mass is 517 g/mol. The molecule has 1 aromatic heterocycles. The molecule has 2 aromatic carbocycles. The first kappa shape index (κ1) is 27.4. The zero-order chi connectivity index (χ0) is 27.2. The van der Waals surface area contributed by atoms with Crippen molar-refractivity contribution >= 4 is 17.5 Å². The molecule has 0 spiro atoms. The van der Waals surface area contributed by atoms with Gasteiger partial charge < -0.3 is 19.6 Å². The molecule has 4 rings (SSSR count). The molecular weight excluding hydrogens is 478 g/mol. The summed E-state index contributed by atoms with van der Waals surface area (Å²) in [5.74, 6) is 0.851. The molecule has 202 valence electrons. The highest BCUT2D eigenvalue weighted by molar-refractivity contribution is 5.87. The van der Waals surface area contributed by atoms with E-state index in [4.69, 9.17) is 4.52 Å². The molecule has 3 aromatic rings. The fourth-order valence-electron chi connectivity index (χ4n) is 5.04. The number of amides is 2. The Labute approximate surface area is 225 Å². The summed E-state index contributed by atoms with van der Waals surface area (Å²) in [6.45, 7) is 8.78. The van der Waals surface area contributed by atoms with E-state index in [1.807, 2.05) is 42.0 Å². The van der Waals surface area contributed by atoms with E-state index in [1.165, 1.54) is 16.7 Å². The number of unbranched alkanes of at least 4 members (excludes halogenated alkanes) is 2. The van der Waals surface area contributed by atoms with Gasteiger partial charge in [0.1, 0.15) is 0 Å². The highest BCUT2D eigenvalue weighted by Gasteiger charge is 2.29. The van der Waals surface area contributed by atoms with Gasteiger partial charge in [-0.05, 0) is 55.9 Å². The number of rotatable bonds is 11. The predicted octanol–water partition coefficient (Wildman–Crippen LogP) is 4.40. The molecule has 0 saturated heterocycles. The molecule has 1 N–H and O–H groups in total. The molecule has 38 heavy (non-hydrogen) atoms. The van der Waals surface area contributed by atoms with Gasteiger partial charge >= 0.3 is 0 Å². The van der Waals surface area contributed by atoms with Gasteiger partial charge in [-0.1, -0.05) is 60.8 Å². The zero-order valence-corrected chi connectivity index (χ0v) is 23.2. The SMILES string of the molecule is CCCCCNC(=O)CN(CC(=O)N(C)C1Cc2ccc(C)cc2C1)c1cc(-c2noc(C)n2)ccc1C. The summed E-state index contributed by atoms with van der Waals surface area (Å²) in [7, 11) is 1.88. The number of aromatic nitrogens is 2. The number of likely N-dealkylation sites (N-methyl/N-ethyl adjacent to an activating group) is 1. The summed E-state index contributed by atoms with van der Waals surface area (Å²) < 4.78 is 5.17. The molecule has 0 fully saturated rings. The number of benzene rings is 2. The van der Waals surface area contributed by atoms with E-state index in [0.29, 0.717) is 18.3 Å². The van der Waals surface area contributed by atoms with Crippen LogP contribution < -0.4 is 10.2 Å². The third-order valence-electron chi connectivity index (χ3n) is 7.31. The van der Waals surface area contributed by atoms with E-state index in [2.05, 4.69) is 47.5 Å². The second-order valence-corrected chi connectivity index (χ2v) is 10.4. The number of nitrogens with one attached hydrogen (secondary N) is 1. The van der Waals surface area contributed by atoms with Crippen LogP contribution in [0.25, 0.3) is 11.4 Å². The van der Waals surface area contributed by atoms with Crippen molar-refractivity contribution < 1.29 is 14.1 Å². The van der Waals surface area contributed by atoms with Gasteiger partial charge in [-0.2, -0.15) is 4.98 Å². The normalized spacial score (nSPS) is 14.3. The van der Waals surface area contributed by atoms with Gasteiger partial charge in [-0.25, -0.2) is 0 Å². The molecule has 8 heteroatoms. The van der Waals surface area contributed by atoms with Crippen molar-refractivity contribution in [3.8, 4) is 11.4 Å². The molecule has 0 aliphatic heterocycles. The number of hydrogen-bond acceptors (Lipinski definition) is 6. The van der Waals surface area contributed by atoms with Crippen LogP contribution in [-0.2, 0) is 22.4 Å². The molecule has 0 saturated carbocycles. The number of anilines is 1. The van der Waals surface area contributed by atoms with Gasteiger partial charge in [0.2, 0.25) is 23.5 Å². The van der Waals surface area contributed by atoms with Crippen molar-refractivity contribution in [1.29, 1.82) is 0 Å². The van der Waals surface area contributed by atoms with Crippen LogP contribution in [0.4, 0.5) is 5.69 Å². The Hall–Kier alpha value is -3.68. The second kappa shape index (κ2) is 12.2. The Morgan fingerprint density at radius 2 is 1.82 bits per heavy atom. The van der Waals surface area contributed by atoms with E-state index < -0.39 is 0 Å². The number of hydrogen-bond donors (Lipinski definition) is 1. The van der Waals surface area contributed by atoms with Crippen LogP contribution in [0.5, 0.6) is 0 Å². The Kier molecular flexibility index (Phi) is 8.81. The van der Waals surface area contributed by atoms with Crippen LogP contribution in [0, 0.1) is 20.8 Å². The van der Waals surface area contributed by atoms with E-state index >= 15 is 0 Å². The molecule has 8 nitrogen and oxygen atoms in total. The van der Waals surface area contributed by atoms with Crippen molar-refractivity contribution in [2.75, 3.05) is 31.6 Å². The Balaban J connectivity index is 1.53. The maximum atomic E-state index is 13.6. The summed E-state index contributed by atoms with van der Waals surface area (Å²) in [5, 5.41) is 7.06. The zero-order valence-electron chi connectivity index (χ0n) is 23.2. The number of aryl methyl sites for hydroxylation is 3. The van der Waals surface area contributed by atoms with Crippen LogP contribution in [0.1, 0.15) is 54.3 Å². The van der Waals surface area contributed by atoms with Gasteiger partial charge in [0.25, 0.3) is 0 Å². The Morgan fingerprint density at radius 1 is 1.03 bits per heavy atom. The third kappa shape index (κ3) is 6.60. The van der Waals surface area contributed by atoms with E-state index in [0.717, 1.165) is 48.9 Å². The van der Waals surface area contributed by atoms with Crippen LogP contribution in [-0.4, -0.2) is 59.6 Å². The van der Waals surface area contributed by atoms with Crippen molar-refractivity contribution in [2.24, 2.45) is 0 Å². The third-order valence-corrected chi connectivity index (χ3v) is 7.31. The summed E-state index contributed by atoms with van der Waals surface area (Å²) in [5.41, 5.74) is 6.41. The summed E-state index contributed by atoms with van der Waals surface area (Å²) in [4.78, 5) is 34.6. The summed E-state index contributed by atoms with van der Waals surface area (Å²) >= 11 is 0. The Morgan fingerprint density at radius 3 is 2.55 bits per heavy atom. The van der Waals surface area contributed by atoms with Crippen LogP contribution in [0.15, 0.2) is 40.9 Å². The largest absolute Gasteiger partial charge is 0.355 e. The molecule has 1 unspecified atom stereocenters. The lowest BCUT2D eigenvalue weighted by Crippen LogP contribution is -2.47. The number of fused-ring (bicyclic) bond motifs is 1. The molecule has 1 aliphatic carbocycles. The highest BCUT2D eigenvalue weighted by atomic mass is 16.5. The van der Waals surface area contributed by atoms with Crippen molar-refractivity contribution in [1.82, 2.24) is 20.4 Å². The van der Waals surface area contributed by atoms with E-state index in [9.17, 15) is 9.59 Å². The first-order valence-electron chi connectivity index (χ1n) is 13.5. The first-order valence-corrected chi connectivity index (χ1v) is 13.5. The number of carbonyl (C=O) groups is 2. The van der Waals surface area contributed by atoms with Crippen LogP contribution >= 0.6 is 0 Å².